The minimum absolute atomic E-state index is 0.134. The zero-order valence-electron chi connectivity index (χ0n) is 17.3. The number of hydrogen-bond acceptors (Lipinski definition) is 4. The van der Waals surface area contributed by atoms with Crippen LogP contribution in [0.3, 0.4) is 0 Å². The highest BCUT2D eigenvalue weighted by molar-refractivity contribution is 6.05. The number of nitrogens with one attached hydrogen (secondary N) is 1. The van der Waals surface area contributed by atoms with E-state index >= 15 is 0 Å². The SMILES string of the molecule is CN(C(=O)c1ccncc1)c1ccc(CNC(=O)c2ccn(-c3ccc(F)cc3)n2)cc1. The lowest BCUT2D eigenvalue weighted by molar-refractivity contribution is 0.0944. The van der Waals surface area contributed by atoms with Crippen molar-refractivity contribution in [2.75, 3.05) is 11.9 Å². The molecule has 160 valence electrons. The van der Waals surface area contributed by atoms with Crippen LogP contribution in [0.5, 0.6) is 0 Å². The lowest BCUT2D eigenvalue weighted by Gasteiger charge is -2.17. The van der Waals surface area contributed by atoms with Gasteiger partial charge < -0.3 is 10.2 Å². The second kappa shape index (κ2) is 9.22. The van der Waals surface area contributed by atoms with Gasteiger partial charge in [-0.1, -0.05) is 12.1 Å². The third-order valence-corrected chi connectivity index (χ3v) is 4.92. The summed E-state index contributed by atoms with van der Waals surface area (Å²) in [5.41, 5.74) is 3.09. The first-order chi connectivity index (χ1) is 15.5. The molecular formula is C24H20FN5O2. The van der Waals surface area contributed by atoms with E-state index in [2.05, 4.69) is 15.4 Å². The quantitative estimate of drug-likeness (QED) is 0.508. The number of benzene rings is 2. The summed E-state index contributed by atoms with van der Waals surface area (Å²) in [6, 6.07) is 18.1. The standard InChI is InChI=1S/C24H20FN5O2/c1-29(24(32)18-10-13-26-14-11-18)20-6-2-17(3-7-20)16-27-23(31)22-12-15-30(28-22)21-8-4-19(25)5-9-21/h2-15H,16H2,1H3,(H,27,31). The average molecular weight is 429 g/mol. The third-order valence-electron chi connectivity index (χ3n) is 4.92. The Labute approximate surface area is 184 Å². The van der Waals surface area contributed by atoms with Crippen molar-refractivity contribution >= 4 is 17.5 Å². The van der Waals surface area contributed by atoms with Gasteiger partial charge in [-0.2, -0.15) is 5.10 Å². The van der Waals surface area contributed by atoms with Gasteiger partial charge >= 0.3 is 0 Å². The van der Waals surface area contributed by atoms with E-state index in [0.29, 0.717) is 17.8 Å². The zero-order valence-corrected chi connectivity index (χ0v) is 17.3. The van der Waals surface area contributed by atoms with Gasteiger partial charge in [0.05, 0.1) is 5.69 Å². The van der Waals surface area contributed by atoms with Crippen LogP contribution in [0.4, 0.5) is 10.1 Å². The van der Waals surface area contributed by atoms with E-state index in [-0.39, 0.29) is 23.3 Å². The Balaban J connectivity index is 1.35. The molecule has 8 heteroatoms. The maximum atomic E-state index is 13.1. The molecule has 4 rings (SSSR count). The first-order valence-electron chi connectivity index (χ1n) is 9.88. The second-order valence-corrected chi connectivity index (χ2v) is 7.07. The predicted molar refractivity (Wildman–Crippen MR) is 118 cm³/mol. The summed E-state index contributed by atoms with van der Waals surface area (Å²) in [7, 11) is 1.71. The Bertz CT molecular complexity index is 1220. The van der Waals surface area contributed by atoms with Crippen molar-refractivity contribution in [2.45, 2.75) is 6.54 Å². The van der Waals surface area contributed by atoms with E-state index < -0.39 is 0 Å². The Morgan fingerprint density at radius 3 is 2.34 bits per heavy atom. The molecular weight excluding hydrogens is 409 g/mol. The first-order valence-corrected chi connectivity index (χ1v) is 9.88. The number of amides is 2. The predicted octanol–water partition coefficient (Wildman–Crippen LogP) is 3.61. The zero-order chi connectivity index (χ0) is 22.5. The summed E-state index contributed by atoms with van der Waals surface area (Å²) in [5, 5.41) is 7.07. The molecule has 0 unspecified atom stereocenters. The molecule has 7 nitrogen and oxygen atoms in total. The van der Waals surface area contributed by atoms with Crippen LogP contribution < -0.4 is 10.2 Å². The highest BCUT2D eigenvalue weighted by atomic mass is 19.1. The minimum atomic E-state index is -0.335. The lowest BCUT2D eigenvalue weighted by Crippen LogP contribution is -2.26. The van der Waals surface area contributed by atoms with Crippen LogP contribution in [-0.4, -0.2) is 33.6 Å². The number of halogens is 1. The average Bonchev–Trinajstić information content (AvgIpc) is 3.33. The van der Waals surface area contributed by atoms with Crippen LogP contribution in [0.25, 0.3) is 5.69 Å². The van der Waals surface area contributed by atoms with Crippen molar-refractivity contribution in [3.05, 3.63) is 108 Å². The van der Waals surface area contributed by atoms with E-state index in [0.717, 1.165) is 11.3 Å². The van der Waals surface area contributed by atoms with E-state index in [1.807, 2.05) is 24.3 Å². The molecule has 0 fully saturated rings. The van der Waals surface area contributed by atoms with Crippen molar-refractivity contribution < 1.29 is 14.0 Å². The number of aromatic nitrogens is 3. The van der Waals surface area contributed by atoms with E-state index in [4.69, 9.17) is 0 Å². The highest BCUT2D eigenvalue weighted by Crippen LogP contribution is 2.17. The molecule has 0 bridgehead atoms. The van der Waals surface area contributed by atoms with Crippen molar-refractivity contribution in [3.63, 3.8) is 0 Å². The number of carbonyl (C=O) groups is 2. The highest BCUT2D eigenvalue weighted by Gasteiger charge is 2.14. The van der Waals surface area contributed by atoms with E-state index in [9.17, 15) is 14.0 Å². The van der Waals surface area contributed by atoms with Crippen molar-refractivity contribution in [1.82, 2.24) is 20.1 Å². The molecule has 0 saturated carbocycles. The molecule has 1 N–H and O–H groups in total. The van der Waals surface area contributed by atoms with Crippen molar-refractivity contribution in [3.8, 4) is 5.69 Å². The molecule has 0 radical (unpaired) electrons. The molecule has 2 heterocycles. The molecule has 32 heavy (non-hydrogen) atoms. The van der Waals surface area contributed by atoms with Gasteiger partial charge in [-0.05, 0) is 60.2 Å². The number of pyridine rings is 1. The van der Waals surface area contributed by atoms with Crippen LogP contribution in [-0.2, 0) is 6.54 Å². The molecule has 2 amide bonds. The number of rotatable bonds is 6. The molecule has 0 saturated heterocycles. The van der Waals surface area contributed by atoms with Gasteiger partial charge in [0.25, 0.3) is 11.8 Å². The molecule has 0 spiro atoms. The fourth-order valence-corrected chi connectivity index (χ4v) is 3.10. The topological polar surface area (TPSA) is 80.1 Å². The molecule has 2 aromatic carbocycles. The van der Waals surface area contributed by atoms with Crippen LogP contribution in [0.2, 0.25) is 0 Å². The molecule has 0 aliphatic carbocycles. The van der Waals surface area contributed by atoms with Crippen LogP contribution in [0, 0.1) is 5.82 Å². The maximum absolute atomic E-state index is 13.1. The van der Waals surface area contributed by atoms with E-state index in [1.165, 1.54) is 16.8 Å². The van der Waals surface area contributed by atoms with Gasteiger partial charge in [-0.15, -0.1) is 0 Å². The first kappa shape index (κ1) is 20.9. The summed E-state index contributed by atoms with van der Waals surface area (Å²) in [4.78, 5) is 30.4. The fraction of sp³-hybridized carbons (Fsp3) is 0.0833. The summed E-state index contributed by atoms with van der Waals surface area (Å²) in [6.07, 6.45) is 4.80. The van der Waals surface area contributed by atoms with Gasteiger partial charge in [-0.3, -0.25) is 14.6 Å². The molecule has 4 aromatic rings. The Morgan fingerprint density at radius 2 is 1.66 bits per heavy atom. The minimum Gasteiger partial charge on any atom is -0.347 e. The van der Waals surface area contributed by atoms with E-state index in [1.54, 1.807) is 60.9 Å². The number of carbonyl (C=O) groups excluding carboxylic acids is 2. The largest absolute Gasteiger partial charge is 0.347 e. The smallest absolute Gasteiger partial charge is 0.272 e. The fourth-order valence-electron chi connectivity index (χ4n) is 3.10. The Morgan fingerprint density at radius 1 is 0.969 bits per heavy atom. The van der Waals surface area contributed by atoms with Crippen LogP contribution >= 0.6 is 0 Å². The second-order valence-electron chi connectivity index (χ2n) is 7.07. The summed E-state index contributed by atoms with van der Waals surface area (Å²) < 4.78 is 14.6. The Hall–Kier alpha value is -4.33. The lowest BCUT2D eigenvalue weighted by atomic mass is 10.1. The molecule has 0 atom stereocenters. The third kappa shape index (κ3) is 4.70. The summed E-state index contributed by atoms with van der Waals surface area (Å²) in [6.45, 7) is 0.310. The summed E-state index contributed by atoms with van der Waals surface area (Å²) >= 11 is 0. The number of anilines is 1. The monoisotopic (exact) mass is 429 g/mol. The molecule has 0 aliphatic rings. The van der Waals surface area contributed by atoms with Gasteiger partial charge in [0.15, 0.2) is 5.69 Å². The van der Waals surface area contributed by atoms with Crippen molar-refractivity contribution in [2.24, 2.45) is 0 Å². The molecule has 2 aromatic heterocycles. The van der Waals surface area contributed by atoms with Gasteiger partial charge in [-0.25, -0.2) is 9.07 Å². The van der Waals surface area contributed by atoms with Gasteiger partial charge in [0, 0.05) is 43.4 Å². The molecule has 0 aliphatic heterocycles. The Kier molecular flexibility index (Phi) is 6.03. The van der Waals surface area contributed by atoms with Gasteiger partial charge in [0.1, 0.15) is 5.82 Å². The normalized spacial score (nSPS) is 10.6. The maximum Gasteiger partial charge on any atom is 0.272 e. The number of nitrogens with zero attached hydrogens (tertiary/aromatic N) is 4. The number of hydrogen-bond donors (Lipinski definition) is 1. The summed E-state index contributed by atoms with van der Waals surface area (Å²) in [5.74, 6) is -0.789. The van der Waals surface area contributed by atoms with Crippen LogP contribution in [0.15, 0.2) is 85.3 Å². The van der Waals surface area contributed by atoms with Crippen LogP contribution in [0.1, 0.15) is 26.4 Å². The van der Waals surface area contributed by atoms with Gasteiger partial charge in [0.2, 0.25) is 0 Å². The van der Waals surface area contributed by atoms with Crippen molar-refractivity contribution in [1.29, 1.82) is 0 Å².